The summed E-state index contributed by atoms with van der Waals surface area (Å²) >= 11 is 0. The van der Waals surface area contributed by atoms with Crippen LogP contribution in [0, 0.1) is 0 Å². The summed E-state index contributed by atoms with van der Waals surface area (Å²) in [6, 6.07) is 0. The van der Waals surface area contributed by atoms with Crippen LogP contribution >= 0.6 is 7.82 Å². The van der Waals surface area contributed by atoms with Crippen molar-refractivity contribution in [3.63, 3.8) is 0 Å². The quantitative estimate of drug-likeness (QED) is 0.0167. The molecule has 2 atom stereocenters. The molecule has 2 unspecified atom stereocenters. The first-order chi connectivity index (χ1) is 25.6. The molecule has 0 radical (unpaired) electrons. The molecule has 0 bridgehead atoms. The Morgan fingerprint density at radius 1 is 0.623 bits per heavy atom. The highest BCUT2D eigenvalue weighted by Crippen LogP contribution is 2.43. The van der Waals surface area contributed by atoms with Gasteiger partial charge < -0.3 is 18.9 Å². The number of hydrogen-bond donors (Lipinski definition) is 1. The Bertz CT molecular complexity index is 1030. The predicted molar refractivity (Wildman–Crippen MR) is 224 cm³/mol. The maximum absolute atomic E-state index is 12.5. The molecule has 9 heteroatoms. The Hall–Kier alpha value is -1.96. The van der Waals surface area contributed by atoms with Gasteiger partial charge in [0.05, 0.1) is 34.0 Å². The molecule has 0 aromatic carbocycles. The van der Waals surface area contributed by atoms with Gasteiger partial charge in [0.1, 0.15) is 19.8 Å². The number of allylic oxidation sites excluding steroid dienone is 9. The lowest BCUT2D eigenvalue weighted by Gasteiger charge is -2.24. The molecule has 0 saturated heterocycles. The van der Waals surface area contributed by atoms with E-state index in [0.29, 0.717) is 17.4 Å². The summed E-state index contributed by atoms with van der Waals surface area (Å²) in [5.41, 5.74) is 0. The smallest absolute Gasteiger partial charge is 0.472 e. The van der Waals surface area contributed by atoms with E-state index < -0.39 is 13.9 Å². The monoisotopic (exact) mass is 767 g/mol. The van der Waals surface area contributed by atoms with E-state index in [0.717, 1.165) is 70.6 Å². The van der Waals surface area contributed by atoms with E-state index in [1.807, 2.05) is 27.2 Å². The third-order valence-electron chi connectivity index (χ3n) is 8.65. The Kier molecular flexibility index (Phi) is 35.6. The van der Waals surface area contributed by atoms with E-state index in [1.165, 1.54) is 70.6 Å². The number of phosphoric acid groups is 1. The maximum Gasteiger partial charge on any atom is 0.472 e. The van der Waals surface area contributed by atoms with Crippen molar-refractivity contribution in [3.8, 4) is 0 Å². The average Bonchev–Trinajstić information content (AvgIpc) is 3.11. The van der Waals surface area contributed by atoms with Crippen LogP contribution in [0.2, 0.25) is 0 Å². The van der Waals surface area contributed by atoms with E-state index >= 15 is 0 Å². The molecule has 0 aliphatic rings. The van der Waals surface area contributed by atoms with Crippen molar-refractivity contribution in [2.75, 3.05) is 47.5 Å². The fourth-order valence-electron chi connectivity index (χ4n) is 5.31. The molecule has 8 nitrogen and oxygen atoms in total. The van der Waals surface area contributed by atoms with Gasteiger partial charge >= 0.3 is 13.8 Å². The molecule has 0 amide bonds. The number of hydrogen-bond acceptors (Lipinski definition) is 6. The third-order valence-corrected chi connectivity index (χ3v) is 9.64. The SMILES string of the molecule is CC/C=C\C/C=C\C/C=C\CCCCCCCC(=O)OCC(COP(=O)(O)OCC[N+](C)(C)C)O/C=C\CCCCCCCC/C=C\CCCCCC. The second-order valence-corrected chi connectivity index (χ2v) is 16.5. The summed E-state index contributed by atoms with van der Waals surface area (Å²) in [5.74, 6) is -0.298. The highest BCUT2D eigenvalue weighted by Gasteiger charge is 2.25. The highest BCUT2D eigenvalue weighted by molar-refractivity contribution is 7.47. The van der Waals surface area contributed by atoms with Crippen LogP contribution in [0.1, 0.15) is 162 Å². The molecular weight excluding hydrogens is 685 g/mol. The summed E-state index contributed by atoms with van der Waals surface area (Å²) in [4.78, 5) is 22.6. The lowest BCUT2D eigenvalue weighted by atomic mass is 10.1. The zero-order valence-electron chi connectivity index (χ0n) is 34.7. The number of ether oxygens (including phenoxy) is 2. The molecule has 0 heterocycles. The molecular formula is C44H81NO7P+. The van der Waals surface area contributed by atoms with Crippen molar-refractivity contribution in [1.82, 2.24) is 0 Å². The van der Waals surface area contributed by atoms with Gasteiger partial charge in [0, 0.05) is 6.42 Å². The lowest BCUT2D eigenvalue weighted by Crippen LogP contribution is -2.37. The number of likely N-dealkylation sites (N-methyl/N-ethyl adjacent to an activating group) is 1. The fraction of sp³-hybridized carbons (Fsp3) is 0.750. The van der Waals surface area contributed by atoms with E-state index in [9.17, 15) is 14.3 Å². The van der Waals surface area contributed by atoms with E-state index in [-0.39, 0.29) is 25.8 Å². The molecule has 0 aromatic rings. The first-order valence-electron chi connectivity index (χ1n) is 21.1. The average molecular weight is 767 g/mol. The highest BCUT2D eigenvalue weighted by atomic mass is 31.2. The number of nitrogens with zero attached hydrogens (tertiary/aromatic N) is 1. The number of phosphoric ester groups is 1. The van der Waals surface area contributed by atoms with Crippen molar-refractivity contribution in [2.24, 2.45) is 0 Å². The van der Waals surface area contributed by atoms with Gasteiger partial charge in [0.15, 0.2) is 6.10 Å². The summed E-state index contributed by atoms with van der Waals surface area (Å²) in [5, 5.41) is 0. The molecule has 0 rings (SSSR count). The molecule has 0 saturated carbocycles. The van der Waals surface area contributed by atoms with Crippen LogP contribution in [0.5, 0.6) is 0 Å². The van der Waals surface area contributed by atoms with Crippen molar-refractivity contribution in [3.05, 3.63) is 60.9 Å². The minimum atomic E-state index is -4.27. The minimum absolute atomic E-state index is 0.0624. The van der Waals surface area contributed by atoms with Gasteiger partial charge in [-0.15, -0.1) is 0 Å². The van der Waals surface area contributed by atoms with E-state index in [2.05, 4.69) is 62.5 Å². The van der Waals surface area contributed by atoms with Gasteiger partial charge in [-0.25, -0.2) is 4.57 Å². The molecule has 0 aromatic heterocycles. The normalized spacial score (nSPS) is 14.4. The fourth-order valence-corrected chi connectivity index (χ4v) is 6.05. The molecule has 0 spiro atoms. The number of carbonyl (C=O) groups is 1. The maximum atomic E-state index is 12.5. The van der Waals surface area contributed by atoms with Crippen molar-refractivity contribution in [1.29, 1.82) is 0 Å². The standard InChI is InChI=1S/C44H80NO7P/c1-6-8-10-12-14-16-18-20-22-24-26-28-30-32-34-36-39-49-43(42-52-53(47,48)51-40-38-45(3,4)5)41-50-44(46)37-35-33-31-29-27-25-23-21-19-17-15-13-11-9-7-2/h9,11,15-18,21,23,36,39,43H,6-8,10,12-14,19-20,22,24-35,37-38,40-42H2,1-5H3/p+1/b11-9-,17-15-,18-16-,23-21-,39-36-. The summed E-state index contributed by atoms with van der Waals surface area (Å²) in [6.45, 7) is 4.74. The Labute approximate surface area is 326 Å². The zero-order valence-corrected chi connectivity index (χ0v) is 35.6. The van der Waals surface area contributed by atoms with Gasteiger partial charge in [-0.2, -0.15) is 0 Å². The molecule has 53 heavy (non-hydrogen) atoms. The second-order valence-electron chi connectivity index (χ2n) is 15.0. The van der Waals surface area contributed by atoms with Crippen LogP contribution in [-0.4, -0.2) is 69.0 Å². The molecule has 308 valence electrons. The van der Waals surface area contributed by atoms with Crippen LogP contribution in [0.3, 0.4) is 0 Å². The minimum Gasteiger partial charge on any atom is -0.492 e. The van der Waals surface area contributed by atoms with Crippen LogP contribution < -0.4 is 0 Å². The number of carbonyl (C=O) groups excluding carboxylic acids is 1. The topological polar surface area (TPSA) is 91.3 Å². The summed E-state index contributed by atoms with van der Waals surface area (Å²) in [6.07, 6.45) is 46.4. The molecule has 1 N–H and O–H groups in total. The van der Waals surface area contributed by atoms with Crippen molar-refractivity contribution >= 4 is 13.8 Å². The van der Waals surface area contributed by atoms with Crippen molar-refractivity contribution < 1.29 is 37.3 Å². The third kappa shape index (κ3) is 41.1. The number of unbranched alkanes of at least 4 members (excludes halogenated alkanes) is 16. The largest absolute Gasteiger partial charge is 0.492 e. The number of esters is 1. The van der Waals surface area contributed by atoms with Crippen molar-refractivity contribution in [2.45, 2.75) is 168 Å². The number of quaternary nitrogens is 1. The van der Waals surface area contributed by atoms with Gasteiger partial charge in [0.2, 0.25) is 0 Å². The summed E-state index contributed by atoms with van der Waals surface area (Å²) < 4.78 is 34.7. The van der Waals surface area contributed by atoms with E-state index in [4.69, 9.17) is 18.5 Å². The first-order valence-corrected chi connectivity index (χ1v) is 22.6. The lowest BCUT2D eigenvalue weighted by molar-refractivity contribution is -0.870. The molecule has 0 aliphatic carbocycles. The zero-order chi connectivity index (χ0) is 39.1. The first kappa shape index (κ1) is 51.0. The van der Waals surface area contributed by atoms with Gasteiger partial charge in [-0.1, -0.05) is 127 Å². The Balaban J connectivity index is 4.36. The van der Waals surface area contributed by atoms with Crippen LogP contribution in [0.4, 0.5) is 0 Å². The van der Waals surface area contributed by atoms with Crippen LogP contribution in [0.15, 0.2) is 60.9 Å². The van der Waals surface area contributed by atoms with Crippen LogP contribution in [0.25, 0.3) is 0 Å². The molecule has 0 aliphatic heterocycles. The van der Waals surface area contributed by atoms with E-state index in [1.54, 1.807) is 6.26 Å². The number of rotatable bonds is 38. The summed E-state index contributed by atoms with van der Waals surface area (Å²) in [7, 11) is 1.65. The van der Waals surface area contributed by atoms with Crippen LogP contribution in [-0.2, 0) is 27.9 Å². The molecule has 0 fully saturated rings. The van der Waals surface area contributed by atoms with Gasteiger partial charge in [0.25, 0.3) is 0 Å². The van der Waals surface area contributed by atoms with Gasteiger partial charge in [-0.05, 0) is 83.1 Å². The second kappa shape index (κ2) is 37.0. The van der Waals surface area contributed by atoms with Gasteiger partial charge in [-0.3, -0.25) is 13.8 Å². The predicted octanol–water partition coefficient (Wildman–Crippen LogP) is 12.5. The Morgan fingerprint density at radius 2 is 1.11 bits per heavy atom. The Morgan fingerprint density at radius 3 is 1.68 bits per heavy atom.